The number of anilines is 1. The molecule has 0 atom stereocenters. The predicted octanol–water partition coefficient (Wildman–Crippen LogP) is 3.98. The topological polar surface area (TPSA) is 15.3 Å². The highest BCUT2D eigenvalue weighted by Crippen LogP contribution is 2.27. The summed E-state index contributed by atoms with van der Waals surface area (Å²) in [4.78, 5) is 2.58. The van der Waals surface area contributed by atoms with E-state index in [1.807, 2.05) is 0 Å². The van der Waals surface area contributed by atoms with E-state index in [2.05, 4.69) is 56.1 Å². The van der Waals surface area contributed by atoms with Crippen molar-refractivity contribution in [2.75, 3.05) is 24.5 Å². The number of nitrogens with zero attached hydrogens (tertiary/aromatic N) is 1. The number of nitrogens with one attached hydrogen (secondary N) is 1. The van der Waals surface area contributed by atoms with Crippen LogP contribution in [0.5, 0.6) is 0 Å². The molecule has 1 aromatic rings. The fourth-order valence-corrected chi connectivity index (χ4v) is 2.91. The zero-order valence-corrected chi connectivity index (χ0v) is 13.6. The van der Waals surface area contributed by atoms with Gasteiger partial charge >= 0.3 is 0 Å². The first-order valence-electron chi connectivity index (χ1n) is 8.11. The summed E-state index contributed by atoms with van der Waals surface area (Å²) in [6.45, 7) is 13.6. The van der Waals surface area contributed by atoms with Gasteiger partial charge in [0.05, 0.1) is 0 Å². The highest BCUT2D eigenvalue weighted by molar-refractivity contribution is 5.55. The van der Waals surface area contributed by atoms with Crippen LogP contribution in [-0.2, 0) is 6.54 Å². The van der Waals surface area contributed by atoms with Gasteiger partial charge in [0.2, 0.25) is 0 Å². The zero-order chi connectivity index (χ0) is 14.5. The molecule has 1 heterocycles. The van der Waals surface area contributed by atoms with E-state index in [0.717, 1.165) is 19.0 Å². The standard InChI is InChI=1S/C18H30N2/c1-14(2)12-19-13-17-11-16(4)5-6-18(17)20-9-7-15(3)8-10-20/h5-6,11,14-15,19H,7-10,12-13H2,1-4H3. The lowest BCUT2D eigenvalue weighted by atomic mass is 9.97. The summed E-state index contributed by atoms with van der Waals surface area (Å²) in [5, 5.41) is 3.59. The van der Waals surface area contributed by atoms with Crippen molar-refractivity contribution in [3.63, 3.8) is 0 Å². The van der Waals surface area contributed by atoms with Crippen molar-refractivity contribution in [2.24, 2.45) is 11.8 Å². The van der Waals surface area contributed by atoms with Gasteiger partial charge in [0.1, 0.15) is 0 Å². The Morgan fingerprint density at radius 1 is 1.25 bits per heavy atom. The molecule has 0 spiro atoms. The predicted molar refractivity (Wildman–Crippen MR) is 88.3 cm³/mol. The fraction of sp³-hybridized carbons (Fsp3) is 0.667. The summed E-state index contributed by atoms with van der Waals surface area (Å²) in [6.07, 6.45) is 2.65. The van der Waals surface area contributed by atoms with Crippen molar-refractivity contribution >= 4 is 5.69 Å². The summed E-state index contributed by atoms with van der Waals surface area (Å²) in [5.74, 6) is 1.60. The lowest BCUT2D eigenvalue weighted by molar-refractivity contribution is 0.437. The maximum absolute atomic E-state index is 3.59. The van der Waals surface area contributed by atoms with Gasteiger partial charge in [-0.15, -0.1) is 0 Å². The van der Waals surface area contributed by atoms with Gasteiger partial charge in [0.25, 0.3) is 0 Å². The van der Waals surface area contributed by atoms with Crippen LogP contribution in [0.25, 0.3) is 0 Å². The minimum Gasteiger partial charge on any atom is -0.371 e. The van der Waals surface area contributed by atoms with E-state index < -0.39 is 0 Å². The van der Waals surface area contributed by atoms with Crippen LogP contribution >= 0.6 is 0 Å². The molecule has 0 bridgehead atoms. The molecule has 2 nitrogen and oxygen atoms in total. The van der Waals surface area contributed by atoms with Gasteiger partial charge in [-0.3, -0.25) is 0 Å². The van der Waals surface area contributed by atoms with Crippen LogP contribution in [0.1, 0.15) is 44.7 Å². The van der Waals surface area contributed by atoms with Gasteiger partial charge in [-0.2, -0.15) is 0 Å². The molecule has 0 amide bonds. The molecular formula is C18H30N2. The summed E-state index contributed by atoms with van der Waals surface area (Å²) < 4.78 is 0. The summed E-state index contributed by atoms with van der Waals surface area (Å²) in [5.41, 5.74) is 4.26. The van der Waals surface area contributed by atoms with E-state index in [9.17, 15) is 0 Å². The third-order valence-electron chi connectivity index (χ3n) is 4.23. The molecule has 0 saturated carbocycles. The largest absolute Gasteiger partial charge is 0.371 e. The fourth-order valence-electron chi connectivity index (χ4n) is 2.91. The molecule has 1 saturated heterocycles. The summed E-state index contributed by atoms with van der Waals surface area (Å²) >= 11 is 0. The van der Waals surface area contributed by atoms with Gasteiger partial charge in [0, 0.05) is 25.3 Å². The van der Waals surface area contributed by atoms with Crippen LogP contribution < -0.4 is 10.2 Å². The third kappa shape index (κ3) is 4.24. The molecule has 0 aliphatic carbocycles. The van der Waals surface area contributed by atoms with Gasteiger partial charge in [-0.1, -0.05) is 38.5 Å². The van der Waals surface area contributed by atoms with E-state index in [0.29, 0.717) is 5.92 Å². The smallest absolute Gasteiger partial charge is 0.0412 e. The lowest BCUT2D eigenvalue weighted by Gasteiger charge is -2.33. The average molecular weight is 274 g/mol. The molecule has 0 aromatic heterocycles. The third-order valence-corrected chi connectivity index (χ3v) is 4.23. The summed E-state index contributed by atoms with van der Waals surface area (Å²) in [7, 11) is 0. The van der Waals surface area contributed by atoms with Crippen molar-refractivity contribution in [1.29, 1.82) is 0 Å². The zero-order valence-electron chi connectivity index (χ0n) is 13.6. The number of hydrogen-bond donors (Lipinski definition) is 1. The normalized spacial score (nSPS) is 16.9. The summed E-state index contributed by atoms with van der Waals surface area (Å²) in [6, 6.07) is 6.91. The van der Waals surface area contributed by atoms with Crippen LogP contribution in [0.15, 0.2) is 18.2 Å². The quantitative estimate of drug-likeness (QED) is 0.874. The number of benzene rings is 1. The highest BCUT2D eigenvalue weighted by atomic mass is 15.1. The van der Waals surface area contributed by atoms with E-state index in [-0.39, 0.29) is 0 Å². The molecule has 1 aliphatic rings. The Morgan fingerprint density at radius 3 is 2.60 bits per heavy atom. The number of hydrogen-bond acceptors (Lipinski definition) is 2. The second-order valence-electron chi connectivity index (χ2n) is 6.83. The second kappa shape index (κ2) is 7.12. The first-order valence-corrected chi connectivity index (χ1v) is 8.11. The maximum atomic E-state index is 3.59. The average Bonchev–Trinajstić information content (AvgIpc) is 2.40. The maximum Gasteiger partial charge on any atom is 0.0412 e. The Bertz CT molecular complexity index is 417. The molecule has 0 unspecified atom stereocenters. The number of piperidine rings is 1. The second-order valence-corrected chi connectivity index (χ2v) is 6.83. The molecule has 112 valence electrons. The molecule has 2 heteroatoms. The minimum absolute atomic E-state index is 0.707. The molecule has 1 aliphatic heterocycles. The Balaban J connectivity index is 2.07. The molecule has 1 fully saturated rings. The Kier molecular flexibility index (Phi) is 5.47. The van der Waals surface area contributed by atoms with Crippen molar-refractivity contribution < 1.29 is 0 Å². The van der Waals surface area contributed by atoms with Crippen molar-refractivity contribution in [1.82, 2.24) is 5.32 Å². The first-order chi connectivity index (χ1) is 9.56. The van der Waals surface area contributed by atoms with Gasteiger partial charge in [-0.25, -0.2) is 0 Å². The molecule has 1 N–H and O–H groups in total. The van der Waals surface area contributed by atoms with Gasteiger partial charge in [-0.05, 0) is 49.8 Å². The Hall–Kier alpha value is -1.02. The molecular weight excluding hydrogens is 244 g/mol. The van der Waals surface area contributed by atoms with Crippen molar-refractivity contribution in [3.8, 4) is 0 Å². The van der Waals surface area contributed by atoms with E-state index >= 15 is 0 Å². The number of aryl methyl sites for hydroxylation is 1. The van der Waals surface area contributed by atoms with Crippen LogP contribution in [0.4, 0.5) is 5.69 Å². The molecule has 1 aromatic carbocycles. The Morgan fingerprint density at radius 2 is 1.95 bits per heavy atom. The van der Waals surface area contributed by atoms with Crippen LogP contribution in [0, 0.1) is 18.8 Å². The van der Waals surface area contributed by atoms with Crippen LogP contribution in [0.3, 0.4) is 0 Å². The monoisotopic (exact) mass is 274 g/mol. The van der Waals surface area contributed by atoms with E-state index in [1.165, 1.54) is 42.7 Å². The van der Waals surface area contributed by atoms with Gasteiger partial charge in [0.15, 0.2) is 0 Å². The lowest BCUT2D eigenvalue weighted by Crippen LogP contribution is -2.34. The van der Waals surface area contributed by atoms with Crippen molar-refractivity contribution in [2.45, 2.75) is 47.1 Å². The Labute approximate surface area is 124 Å². The number of rotatable bonds is 5. The van der Waals surface area contributed by atoms with Crippen molar-refractivity contribution in [3.05, 3.63) is 29.3 Å². The molecule has 20 heavy (non-hydrogen) atoms. The highest BCUT2D eigenvalue weighted by Gasteiger charge is 2.18. The van der Waals surface area contributed by atoms with Crippen LogP contribution in [-0.4, -0.2) is 19.6 Å². The SMILES string of the molecule is Cc1ccc(N2CCC(C)CC2)c(CNCC(C)C)c1. The minimum atomic E-state index is 0.707. The first kappa shape index (κ1) is 15.4. The van der Waals surface area contributed by atoms with Gasteiger partial charge < -0.3 is 10.2 Å². The molecule has 2 rings (SSSR count). The van der Waals surface area contributed by atoms with E-state index in [1.54, 1.807) is 0 Å². The van der Waals surface area contributed by atoms with Crippen LogP contribution in [0.2, 0.25) is 0 Å². The molecule has 0 radical (unpaired) electrons. The van der Waals surface area contributed by atoms with E-state index in [4.69, 9.17) is 0 Å².